The van der Waals surface area contributed by atoms with Gasteiger partial charge in [-0.15, -0.1) is 0 Å². The molecule has 0 fully saturated rings. The second-order valence-electron chi connectivity index (χ2n) is 6.01. The minimum Gasteiger partial charge on any atom is -0.456 e. The number of furan rings is 1. The van der Waals surface area contributed by atoms with Crippen molar-refractivity contribution in [2.24, 2.45) is 0 Å². The second kappa shape index (κ2) is 5.56. The van der Waals surface area contributed by atoms with Crippen LogP contribution in [0.25, 0.3) is 44.2 Å². The van der Waals surface area contributed by atoms with Gasteiger partial charge < -0.3 is 4.42 Å². The van der Waals surface area contributed by atoms with Crippen molar-refractivity contribution >= 4 is 21.9 Å². The Hall–Kier alpha value is -3.46. The summed E-state index contributed by atoms with van der Waals surface area (Å²) < 4.78 is 6.00. The molecule has 3 heterocycles. The van der Waals surface area contributed by atoms with Crippen LogP contribution in [0.2, 0.25) is 0 Å². The first-order valence-corrected chi connectivity index (χ1v) is 8.16. The van der Waals surface area contributed by atoms with Crippen molar-refractivity contribution in [2.75, 3.05) is 0 Å². The van der Waals surface area contributed by atoms with Gasteiger partial charge in [-0.25, -0.2) is 0 Å². The van der Waals surface area contributed by atoms with E-state index in [-0.39, 0.29) is 0 Å². The molecule has 0 aliphatic rings. The maximum Gasteiger partial charge on any atom is 0.135 e. The van der Waals surface area contributed by atoms with Crippen LogP contribution in [0.4, 0.5) is 0 Å². The third-order valence-electron chi connectivity index (χ3n) is 4.46. The lowest BCUT2D eigenvalue weighted by Gasteiger charge is -2.02. The third-order valence-corrected chi connectivity index (χ3v) is 4.46. The number of hydrogen-bond donors (Lipinski definition) is 0. The Morgan fingerprint density at radius 3 is 1.52 bits per heavy atom. The summed E-state index contributed by atoms with van der Waals surface area (Å²) in [5.74, 6) is 0. The Kier molecular flexibility index (Phi) is 3.10. The molecule has 0 atom stereocenters. The van der Waals surface area contributed by atoms with Crippen LogP contribution in [0.3, 0.4) is 0 Å². The van der Waals surface area contributed by atoms with Crippen LogP contribution < -0.4 is 0 Å². The summed E-state index contributed by atoms with van der Waals surface area (Å²) in [6, 6.07) is 20.6. The standard InChI is InChI=1S/C22H14N2O/c1-3-17(13-23-9-1)15-5-7-21-19(11-15)20-12-16(6-8-22(20)25-21)18-4-2-10-24-14-18/h1-14H. The van der Waals surface area contributed by atoms with Crippen molar-refractivity contribution < 1.29 is 4.42 Å². The van der Waals surface area contributed by atoms with Crippen LogP contribution in [0, 0.1) is 0 Å². The summed E-state index contributed by atoms with van der Waals surface area (Å²) >= 11 is 0. The molecule has 118 valence electrons. The number of pyridine rings is 2. The van der Waals surface area contributed by atoms with Crippen molar-refractivity contribution in [2.45, 2.75) is 0 Å². The number of hydrogen-bond acceptors (Lipinski definition) is 3. The predicted octanol–water partition coefficient (Wildman–Crippen LogP) is 5.71. The highest BCUT2D eigenvalue weighted by molar-refractivity contribution is 6.07. The average molecular weight is 322 g/mol. The van der Waals surface area contributed by atoms with Crippen molar-refractivity contribution in [1.82, 2.24) is 9.97 Å². The Bertz CT molecular complexity index is 1080. The quantitative estimate of drug-likeness (QED) is 0.418. The monoisotopic (exact) mass is 322 g/mol. The molecule has 3 nitrogen and oxygen atoms in total. The van der Waals surface area contributed by atoms with Gasteiger partial charge in [-0.05, 0) is 47.5 Å². The molecular formula is C22H14N2O. The molecule has 3 aromatic heterocycles. The van der Waals surface area contributed by atoms with Crippen LogP contribution in [-0.2, 0) is 0 Å². The van der Waals surface area contributed by atoms with E-state index >= 15 is 0 Å². The molecule has 0 aliphatic carbocycles. The van der Waals surface area contributed by atoms with Crippen LogP contribution >= 0.6 is 0 Å². The van der Waals surface area contributed by atoms with E-state index in [1.165, 1.54) is 0 Å². The zero-order valence-corrected chi connectivity index (χ0v) is 13.4. The summed E-state index contributed by atoms with van der Waals surface area (Å²) in [4.78, 5) is 8.43. The smallest absolute Gasteiger partial charge is 0.135 e. The lowest BCUT2D eigenvalue weighted by Crippen LogP contribution is -1.80. The lowest BCUT2D eigenvalue weighted by atomic mass is 10.0. The van der Waals surface area contributed by atoms with E-state index in [1.807, 2.05) is 36.7 Å². The molecule has 5 aromatic rings. The van der Waals surface area contributed by atoms with E-state index in [2.05, 4.69) is 46.4 Å². The molecule has 25 heavy (non-hydrogen) atoms. The van der Waals surface area contributed by atoms with Crippen molar-refractivity contribution in [3.8, 4) is 22.3 Å². The first kappa shape index (κ1) is 13.9. The molecule has 0 bridgehead atoms. The van der Waals surface area contributed by atoms with Gasteiger partial charge in [0.15, 0.2) is 0 Å². The number of nitrogens with zero attached hydrogens (tertiary/aromatic N) is 2. The van der Waals surface area contributed by atoms with Gasteiger partial charge in [0.05, 0.1) is 0 Å². The van der Waals surface area contributed by atoms with Crippen LogP contribution in [0.1, 0.15) is 0 Å². The van der Waals surface area contributed by atoms with Gasteiger partial charge in [0.2, 0.25) is 0 Å². The molecule has 0 spiro atoms. The topological polar surface area (TPSA) is 38.9 Å². The van der Waals surface area contributed by atoms with Gasteiger partial charge in [0.25, 0.3) is 0 Å². The Morgan fingerprint density at radius 1 is 0.560 bits per heavy atom. The molecule has 0 saturated heterocycles. The summed E-state index contributed by atoms with van der Waals surface area (Å²) in [5, 5.41) is 2.23. The fourth-order valence-corrected chi connectivity index (χ4v) is 3.20. The minimum atomic E-state index is 0.894. The first-order chi connectivity index (χ1) is 12.4. The van der Waals surface area contributed by atoms with Gasteiger partial charge in [0, 0.05) is 46.7 Å². The van der Waals surface area contributed by atoms with E-state index in [0.717, 1.165) is 44.2 Å². The van der Waals surface area contributed by atoms with Crippen molar-refractivity contribution in [3.63, 3.8) is 0 Å². The van der Waals surface area contributed by atoms with Gasteiger partial charge in [-0.2, -0.15) is 0 Å². The molecule has 5 rings (SSSR count). The fourth-order valence-electron chi connectivity index (χ4n) is 3.20. The molecule has 0 saturated carbocycles. The molecule has 0 unspecified atom stereocenters. The average Bonchev–Trinajstić information content (AvgIpc) is 3.06. The number of aromatic nitrogens is 2. The van der Waals surface area contributed by atoms with E-state index in [9.17, 15) is 0 Å². The van der Waals surface area contributed by atoms with Crippen LogP contribution in [-0.4, -0.2) is 9.97 Å². The Morgan fingerprint density at radius 2 is 1.08 bits per heavy atom. The van der Waals surface area contributed by atoms with Crippen LogP contribution in [0.5, 0.6) is 0 Å². The van der Waals surface area contributed by atoms with Gasteiger partial charge in [-0.1, -0.05) is 24.3 Å². The molecule has 0 N–H and O–H groups in total. The zero-order chi connectivity index (χ0) is 16.6. The largest absolute Gasteiger partial charge is 0.456 e. The molecule has 0 amide bonds. The normalized spacial score (nSPS) is 11.2. The summed E-state index contributed by atoms with van der Waals surface area (Å²) in [6.07, 6.45) is 7.33. The summed E-state index contributed by atoms with van der Waals surface area (Å²) in [5.41, 5.74) is 6.26. The molecule has 0 radical (unpaired) electrons. The SMILES string of the molecule is c1cncc(-c2ccc3oc4ccc(-c5cccnc5)cc4c3c2)c1. The zero-order valence-electron chi connectivity index (χ0n) is 13.4. The van der Waals surface area contributed by atoms with E-state index in [4.69, 9.17) is 4.42 Å². The van der Waals surface area contributed by atoms with Crippen LogP contribution in [0.15, 0.2) is 89.9 Å². The van der Waals surface area contributed by atoms with E-state index in [1.54, 1.807) is 12.4 Å². The molecule has 0 aliphatic heterocycles. The van der Waals surface area contributed by atoms with Gasteiger partial charge >= 0.3 is 0 Å². The third kappa shape index (κ3) is 2.37. The van der Waals surface area contributed by atoms with E-state index in [0.29, 0.717) is 0 Å². The fraction of sp³-hybridized carbons (Fsp3) is 0. The molecular weight excluding hydrogens is 308 g/mol. The highest BCUT2D eigenvalue weighted by atomic mass is 16.3. The van der Waals surface area contributed by atoms with E-state index < -0.39 is 0 Å². The van der Waals surface area contributed by atoms with Crippen molar-refractivity contribution in [3.05, 3.63) is 85.5 Å². The maximum atomic E-state index is 6.00. The summed E-state index contributed by atoms with van der Waals surface area (Å²) in [7, 11) is 0. The highest BCUT2D eigenvalue weighted by Gasteiger charge is 2.10. The Balaban J connectivity index is 1.73. The van der Waals surface area contributed by atoms with Crippen molar-refractivity contribution in [1.29, 1.82) is 0 Å². The number of rotatable bonds is 2. The second-order valence-corrected chi connectivity index (χ2v) is 6.01. The van der Waals surface area contributed by atoms with Gasteiger partial charge in [-0.3, -0.25) is 9.97 Å². The minimum absolute atomic E-state index is 0.894. The maximum absolute atomic E-state index is 6.00. The van der Waals surface area contributed by atoms with Gasteiger partial charge in [0.1, 0.15) is 11.2 Å². The lowest BCUT2D eigenvalue weighted by molar-refractivity contribution is 0.669. The number of fused-ring (bicyclic) bond motifs is 3. The Labute approximate surface area is 144 Å². The molecule has 3 heteroatoms. The molecule has 2 aromatic carbocycles. The number of benzene rings is 2. The first-order valence-electron chi connectivity index (χ1n) is 8.16. The summed E-state index contributed by atoms with van der Waals surface area (Å²) in [6.45, 7) is 0. The highest BCUT2D eigenvalue weighted by Crippen LogP contribution is 2.34. The predicted molar refractivity (Wildman–Crippen MR) is 100 cm³/mol.